The molecule has 0 aliphatic carbocycles. The van der Waals surface area contributed by atoms with Gasteiger partial charge in [-0.3, -0.25) is 9.59 Å². The molecule has 1 fully saturated rings. The van der Waals surface area contributed by atoms with Crippen LogP contribution in [-0.2, 0) is 11.2 Å². The molecule has 1 saturated heterocycles. The lowest BCUT2D eigenvalue weighted by Gasteiger charge is -2.23. The van der Waals surface area contributed by atoms with E-state index in [1.54, 1.807) is 17.4 Å². The molecule has 140 valence electrons. The lowest BCUT2D eigenvalue weighted by molar-refractivity contribution is -0.131. The van der Waals surface area contributed by atoms with E-state index in [2.05, 4.69) is 16.3 Å². The first kappa shape index (κ1) is 17.1. The normalized spacial score (nSPS) is 16.9. The number of aromatic nitrogens is 3. The molecule has 0 spiro atoms. The molecule has 1 aliphatic heterocycles. The van der Waals surface area contributed by atoms with Gasteiger partial charge in [-0.05, 0) is 31.0 Å². The fourth-order valence-corrected chi connectivity index (χ4v) is 5.02. The average molecular weight is 390 g/mol. The van der Waals surface area contributed by atoms with Gasteiger partial charge < -0.3 is 4.90 Å². The zero-order valence-corrected chi connectivity index (χ0v) is 15.9. The number of amides is 1. The van der Waals surface area contributed by atoms with Gasteiger partial charge >= 0.3 is 0 Å². The SMILES string of the molecule is O=C(Cc1n[nH]c(=O)c2ccccc12)N1CCC[C@H]1c1nc2ccccc2s1. The van der Waals surface area contributed by atoms with Crippen LogP contribution in [0.5, 0.6) is 0 Å². The maximum absolute atomic E-state index is 13.1. The maximum Gasteiger partial charge on any atom is 0.272 e. The van der Waals surface area contributed by atoms with E-state index in [0.717, 1.165) is 40.0 Å². The van der Waals surface area contributed by atoms with Crippen LogP contribution in [0, 0.1) is 0 Å². The lowest BCUT2D eigenvalue weighted by Crippen LogP contribution is -2.32. The molecule has 3 heterocycles. The van der Waals surface area contributed by atoms with E-state index in [-0.39, 0.29) is 23.9 Å². The summed E-state index contributed by atoms with van der Waals surface area (Å²) in [6, 6.07) is 15.3. The second-order valence-electron chi connectivity index (χ2n) is 6.99. The Labute approximate surface area is 164 Å². The Balaban J connectivity index is 1.45. The number of H-pyrrole nitrogens is 1. The number of aromatic amines is 1. The molecule has 2 aromatic carbocycles. The Bertz CT molecular complexity index is 1210. The number of fused-ring (bicyclic) bond motifs is 2. The summed E-state index contributed by atoms with van der Waals surface area (Å²) in [6.07, 6.45) is 2.05. The lowest BCUT2D eigenvalue weighted by atomic mass is 10.1. The second kappa shape index (κ2) is 6.83. The van der Waals surface area contributed by atoms with Crippen LogP contribution in [0.15, 0.2) is 53.3 Å². The van der Waals surface area contributed by atoms with E-state index < -0.39 is 0 Å². The van der Waals surface area contributed by atoms with E-state index >= 15 is 0 Å². The number of para-hydroxylation sites is 1. The number of nitrogens with zero attached hydrogens (tertiary/aromatic N) is 3. The number of thiazole rings is 1. The summed E-state index contributed by atoms with van der Waals surface area (Å²) in [7, 11) is 0. The third-order valence-electron chi connectivity index (χ3n) is 5.26. The van der Waals surface area contributed by atoms with Crippen LogP contribution in [0.1, 0.15) is 29.6 Å². The first-order valence-electron chi connectivity index (χ1n) is 9.32. The van der Waals surface area contributed by atoms with E-state index in [1.807, 2.05) is 41.3 Å². The molecule has 1 aliphatic rings. The van der Waals surface area contributed by atoms with Crippen molar-refractivity contribution < 1.29 is 4.79 Å². The summed E-state index contributed by atoms with van der Waals surface area (Å²) in [5, 5.41) is 8.95. The van der Waals surface area contributed by atoms with Crippen molar-refractivity contribution >= 4 is 38.2 Å². The highest BCUT2D eigenvalue weighted by molar-refractivity contribution is 7.18. The average Bonchev–Trinajstić information content (AvgIpc) is 3.37. The van der Waals surface area contributed by atoms with Crippen LogP contribution in [0.4, 0.5) is 0 Å². The molecule has 1 amide bonds. The van der Waals surface area contributed by atoms with Gasteiger partial charge in [0.05, 0.1) is 33.8 Å². The van der Waals surface area contributed by atoms with E-state index in [1.165, 1.54) is 0 Å². The summed E-state index contributed by atoms with van der Waals surface area (Å²) in [5.74, 6) is 0.0199. The fourth-order valence-electron chi connectivity index (χ4n) is 3.91. The number of hydrogen-bond donors (Lipinski definition) is 1. The zero-order valence-electron chi connectivity index (χ0n) is 15.1. The van der Waals surface area contributed by atoms with Gasteiger partial charge in [0.15, 0.2) is 0 Å². The molecule has 1 atom stereocenters. The van der Waals surface area contributed by atoms with Gasteiger partial charge in [0.1, 0.15) is 5.01 Å². The Morgan fingerprint density at radius 2 is 1.93 bits per heavy atom. The molecular formula is C21H18N4O2S. The molecule has 0 unspecified atom stereocenters. The Kier molecular flexibility index (Phi) is 4.16. The largest absolute Gasteiger partial charge is 0.333 e. The minimum absolute atomic E-state index is 0.0129. The number of nitrogens with one attached hydrogen (secondary N) is 1. The fraction of sp³-hybridized carbons (Fsp3) is 0.238. The summed E-state index contributed by atoms with van der Waals surface area (Å²) in [6.45, 7) is 0.723. The zero-order chi connectivity index (χ0) is 19.1. The first-order chi connectivity index (χ1) is 13.7. The van der Waals surface area contributed by atoms with E-state index in [0.29, 0.717) is 11.1 Å². The van der Waals surface area contributed by atoms with Crippen molar-refractivity contribution in [2.45, 2.75) is 25.3 Å². The number of likely N-dealkylation sites (tertiary alicyclic amines) is 1. The second-order valence-corrected chi connectivity index (χ2v) is 8.05. The molecule has 5 rings (SSSR count). The number of benzene rings is 2. The number of carbonyl (C=O) groups excluding carboxylic acids is 1. The van der Waals surface area contributed by atoms with Gasteiger partial charge in [0, 0.05) is 11.9 Å². The highest BCUT2D eigenvalue weighted by Crippen LogP contribution is 2.36. The Morgan fingerprint density at radius 1 is 1.14 bits per heavy atom. The molecule has 1 N–H and O–H groups in total. The van der Waals surface area contributed by atoms with E-state index in [4.69, 9.17) is 4.98 Å². The predicted molar refractivity (Wildman–Crippen MR) is 109 cm³/mol. The minimum Gasteiger partial charge on any atom is -0.333 e. The quantitative estimate of drug-likeness (QED) is 0.581. The van der Waals surface area contributed by atoms with Crippen molar-refractivity contribution in [3.05, 3.63) is 69.6 Å². The molecule has 4 aromatic rings. The highest BCUT2D eigenvalue weighted by Gasteiger charge is 2.32. The van der Waals surface area contributed by atoms with Crippen LogP contribution in [0.25, 0.3) is 21.0 Å². The molecule has 0 radical (unpaired) electrons. The first-order valence-corrected chi connectivity index (χ1v) is 10.1. The van der Waals surface area contributed by atoms with Crippen molar-refractivity contribution in [1.29, 1.82) is 0 Å². The van der Waals surface area contributed by atoms with Crippen LogP contribution >= 0.6 is 11.3 Å². The van der Waals surface area contributed by atoms with Crippen LogP contribution in [0.2, 0.25) is 0 Å². The molecule has 6 nitrogen and oxygen atoms in total. The van der Waals surface area contributed by atoms with Gasteiger partial charge in [-0.15, -0.1) is 11.3 Å². The third-order valence-corrected chi connectivity index (χ3v) is 6.40. The Hall–Kier alpha value is -3.06. The molecule has 0 bridgehead atoms. The molecule has 2 aromatic heterocycles. The topological polar surface area (TPSA) is 79.0 Å². The smallest absolute Gasteiger partial charge is 0.272 e. The van der Waals surface area contributed by atoms with Crippen molar-refractivity contribution in [2.75, 3.05) is 6.54 Å². The molecular weight excluding hydrogens is 372 g/mol. The standard InChI is InChI=1S/C21H18N4O2S/c26-19(12-16-13-6-1-2-7-14(13)20(27)24-23-16)25-11-5-9-17(25)21-22-15-8-3-4-10-18(15)28-21/h1-4,6-8,10,17H,5,9,11-12H2,(H,24,27)/t17-/m0/s1. The van der Waals surface area contributed by atoms with Gasteiger partial charge in [-0.2, -0.15) is 5.10 Å². The summed E-state index contributed by atoms with van der Waals surface area (Å²) >= 11 is 1.66. The Morgan fingerprint density at radius 3 is 2.79 bits per heavy atom. The number of hydrogen-bond acceptors (Lipinski definition) is 5. The number of carbonyl (C=O) groups is 1. The van der Waals surface area contributed by atoms with Gasteiger partial charge in [-0.1, -0.05) is 30.3 Å². The molecule has 28 heavy (non-hydrogen) atoms. The van der Waals surface area contributed by atoms with Gasteiger partial charge in [0.25, 0.3) is 5.56 Å². The van der Waals surface area contributed by atoms with Gasteiger partial charge in [0.2, 0.25) is 5.91 Å². The molecule has 7 heteroatoms. The summed E-state index contributed by atoms with van der Waals surface area (Å²) < 4.78 is 1.14. The van der Waals surface area contributed by atoms with Crippen molar-refractivity contribution in [1.82, 2.24) is 20.1 Å². The summed E-state index contributed by atoms with van der Waals surface area (Å²) in [5.41, 5.74) is 1.35. The molecule has 0 saturated carbocycles. The van der Waals surface area contributed by atoms with Crippen molar-refractivity contribution in [2.24, 2.45) is 0 Å². The maximum atomic E-state index is 13.1. The van der Waals surface area contributed by atoms with Crippen LogP contribution < -0.4 is 5.56 Å². The summed E-state index contributed by atoms with van der Waals surface area (Å²) in [4.78, 5) is 31.8. The van der Waals surface area contributed by atoms with Crippen LogP contribution in [-0.4, -0.2) is 32.5 Å². The van der Waals surface area contributed by atoms with Crippen molar-refractivity contribution in [3.63, 3.8) is 0 Å². The number of rotatable bonds is 3. The highest BCUT2D eigenvalue weighted by atomic mass is 32.1. The van der Waals surface area contributed by atoms with Crippen molar-refractivity contribution in [3.8, 4) is 0 Å². The minimum atomic E-state index is -0.236. The van der Waals surface area contributed by atoms with Crippen LogP contribution in [0.3, 0.4) is 0 Å². The third kappa shape index (κ3) is 2.88. The predicted octanol–water partition coefficient (Wildman–Crippen LogP) is 3.44. The van der Waals surface area contributed by atoms with Gasteiger partial charge in [-0.25, -0.2) is 10.1 Å². The van der Waals surface area contributed by atoms with E-state index in [9.17, 15) is 9.59 Å². The monoisotopic (exact) mass is 390 g/mol.